The van der Waals surface area contributed by atoms with Crippen molar-refractivity contribution in [3.05, 3.63) is 77.5 Å². The predicted molar refractivity (Wildman–Crippen MR) is 97.8 cm³/mol. The lowest BCUT2D eigenvalue weighted by Crippen LogP contribution is -2.31. The molecule has 0 atom stereocenters. The summed E-state index contributed by atoms with van der Waals surface area (Å²) in [5.41, 5.74) is 3.64. The number of nitrogens with one attached hydrogen (secondary N) is 1. The Kier molecular flexibility index (Phi) is 3.94. The van der Waals surface area contributed by atoms with Crippen molar-refractivity contribution >= 4 is 28.8 Å². The third-order valence-electron chi connectivity index (χ3n) is 4.58. The van der Waals surface area contributed by atoms with Crippen molar-refractivity contribution in [3.8, 4) is 0 Å². The summed E-state index contributed by atoms with van der Waals surface area (Å²) < 4.78 is 0. The van der Waals surface area contributed by atoms with Gasteiger partial charge in [0.2, 0.25) is 5.91 Å². The van der Waals surface area contributed by atoms with Crippen molar-refractivity contribution < 1.29 is 9.59 Å². The van der Waals surface area contributed by atoms with Gasteiger partial charge in [0, 0.05) is 34.8 Å². The van der Waals surface area contributed by atoms with Crippen LogP contribution in [0, 0.1) is 0 Å². The lowest BCUT2D eigenvalue weighted by atomic mass is 10.1. The second-order valence-electron chi connectivity index (χ2n) is 6.22. The molecule has 2 aromatic carbocycles. The molecule has 0 bridgehead atoms. The van der Waals surface area contributed by atoms with Crippen LogP contribution in [0.15, 0.2) is 66.4 Å². The van der Waals surface area contributed by atoms with Gasteiger partial charge in [-0.05, 0) is 24.1 Å². The number of H-pyrrole nitrogens is 1. The van der Waals surface area contributed by atoms with Gasteiger partial charge in [0.25, 0.3) is 5.91 Å². The van der Waals surface area contributed by atoms with E-state index in [9.17, 15) is 9.59 Å². The summed E-state index contributed by atoms with van der Waals surface area (Å²) in [6.07, 6.45) is 4.56. The van der Waals surface area contributed by atoms with E-state index in [-0.39, 0.29) is 18.2 Å². The van der Waals surface area contributed by atoms with Crippen LogP contribution in [0.3, 0.4) is 0 Å². The molecule has 1 aliphatic rings. The first-order chi connectivity index (χ1) is 12.2. The number of fused-ring (bicyclic) bond motifs is 1. The number of rotatable bonds is 4. The zero-order valence-corrected chi connectivity index (χ0v) is 13.7. The number of hydrogen-bond acceptors (Lipinski definition) is 2. The summed E-state index contributed by atoms with van der Waals surface area (Å²) in [7, 11) is 0. The van der Waals surface area contributed by atoms with E-state index in [2.05, 4.69) is 4.98 Å². The maximum atomic E-state index is 12.6. The molecule has 2 amide bonds. The Hall–Kier alpha value is -3.14. The van der Waals surface area contributed by atoms with Gasteiger partial charge in [0.05, 0.1) is 6.42 Å². The number of amides is 2. The Labute approximate surface area is 145 Å². The first-order valence-corrected chi connectivity index (χ1v) is 8.38. The second-order valence-corrected chi connectivity index (χ2v) is 6.22. The molecule has 124 valence electrons. The molecule has 4 heteroatoms. The fourth-order valence-electron chi connectivity index (χ4n) is 3.25. The number of imide groups is 1. The fraction of sp³-hybridized carbons (Fsp3) is 0.143. The van der Waals surface area contributed by atoms with E-state index in [0.29, 0.717) is 18.5 Å². The molecule has 0 spiro atoms. The normalized spacial score (nSPS) is 16.3. The molecule has 1 saturated heterocycles. The van der Waals surface area contributed by atoms with Crippen LogP contribution in [0.25, 0.3) is 17.0 Å². The van der Waals surface area contributed by atoms with Crippen LogP contribution in [0.5, 0.6) is 0 Å². The second kappa shape index (κ2) is 6.40. The summed E-state index contributed by atoms with van der Waals surface area (Å²) in [5, 5.41) is 1.05. The smallest absolute Gasteiger partial charge is 0.256 e. The van der Waals surface area contributed by atoms with E-state index >= 15 is 0 Å². The molecule has 4 rings (SSSR count). The van der Waals surface area contributed by atoms with Crippen LogP contribution in [0.2, 0.25) is 0 Å². The van der Waals surface area contributed by atoms with Gasteiger partial charge in [-0.25, -0.2) is 0 Å². The third-order valence-corrected chi connectivity index (χ3v) is 4.58. The van der Waals surface area contributed by atoms with Crippen LogP contribution >= 0.6 is 0 Å². The largest absolute Gasteiger partial charge is 0.361 e. The number of aromatic amines is 1. The van der Waals surface area contributed by atoms with Crippen LogP contribution in [0.1, 0.15) is 17.5 Å². The van der Waals surface area contributed by atoms with Crippen LogP contribution in [0.4, 0.5) is 0 Å². The molecule has 25 heavy (non-hydrogen) atoms. The van der Waals surface area contributed by atoms with Crippen LogP contribution < -0.4 is 0 Å². The highest BCUT2D eigenvalue weighted by Gasteiger charge is 2.33. The highest BCUT2D eigenvalue weighted by Crippen LogP contribution is 2.25. The van der Waals surface area contributed by atoms with E-state index in [1.165, 1.54) is 4.90 Å². The van der Waals surface area contributed by atoms with Gasteiger partial charge in [-0.1, -0.05) is 48.5 Å². The molecular formula is C21H18N2O2. The lowest BCUT2D eigenvalue weighted by Gasteiger charge is -2.13. The van der Waals surface area contributed by atoms with Gasteiger partial charge in [-0.15, -0.1) is 0 Å². The molecule has 2 heterocycles. The average molecular weight is 330 g/mol. The zero-order valence-electron chi connectivity index (χ0n) is 13.7. The fourth-order valence-corrected chi connectivity index (χ4v) is 3.25. The zero-order chi connectivity index (χ0) is 17.2. The molecule has 1 fully saturated rings. The number of aromatic nitrogens is 1. The lowest BCUT2D eigenvalue weighted by molar-refractivity contribution is -0.137. The molecule has 1 aromatic heterocycles. The SMILES string of the molecule is O=C1C/C(=C/c2c[nH]c3ccccc23)C(=O)N1CCc1ccccc1. The molecule has 1 aliphatic heterocycles. The van der Waals surface area contributed by atoms with Gasteiger partial charge in [-0.3, -0.25) is 14.5 Å². The Morgan fingerprint density at radius 2 is 1.76 bits per heavy atom. The van der Waals surface area contributed by atoms with Crippen LogP contribution in [-0.2, 0) is 16.0 Å². The maximum absolute atomic E-state index is 12.6. The number of carbonyl (C=O) groups is 2. The van der Waals surface area contributed by atoms with Crippen molar-refractivity contribution in [2.24, 2.45) is 0 Å². The van der Waals surface area contributed by atoms with E-state index in [0.717, 1.165) is 22.0 Å². The molecule has 3 aromatic rings. The Bertz CT molecular complexity index is 970. The summed E-state index contributed by atoms with van der Waals surface area (Å²) in [6.45, 7) is 0.424. The first-order valence-electron chi connectivity index (χ1n) is 8.38. The highest BCUT2D eigenvalue weighted by atomic mass is 16.2. The van der Waals surface area contributed by atoms with Gasteiger partial charge >= 0.3 is 0 Å². The van der Waals surface area contributed by atoms with Gasteiger partial charge in [-0.2, -0.15) is 0 Å². The summed E-state index contributed by atoms with van der Waals surface area (Å²) in [5.74, 6) is -0.293. The summed E-state index contributed by atoms with van der Waals surface area (Å²) in [6, 6.07) is 17.8. The minimum Gasteiger partial charge on any atom is -0.361 e. The van der Waals surface area contributed by atoms with Gasteiger partial charge < -0.3 is 4.98 Å². The Morgan fingerprint density at radius 3 is 2.60 bits per heavy atom. The number of para-hydroxylation sites is 1. The molecule has 0 aliphatic carbocycles. The van der Waals surface area contributed by atoms with E-state index < -0.39 is 0 Å². The molecular weight excluding hydrogens is 312 g/mol. The number of carbonyl (C=O) groups excluding carboxylic acids is 2. The summed E-state index contributed by atoms with van der Waals surface area (Å²) >= 11 is 0. The van der Waals surface area contributed by atoms with Crippen molar-refractivity contribution in [2.75, 3.05) is 6.54 Å². The van der Waals surface area contributed by atoms with Crippen molar-refractivity contribution in [1.29, 1.82) is 0 Å². The third kappa shape index (κ3) is 2.98. The number of benzene rings is 2. The average Bonchev–Trinajstić information content (AvgIpc) is 3.16. The number of nitrogens with zero attached hydrogens (tertiary/aromatic N) is 1. The van der Waals surface area contributed by atoms with Gasteiger partial charge in [0.15, 0.2) is 0 Å². The minimum atomic E-state index is -0.175. The highest BCUT2D eigenvalue weighted by molar-refractivity contribution is 6.16. The van der Waals surface area contributed by atoms with E-state index in [1.807, 2.05) is 66.9 Å². The van der Waals surface area contributed by atoms with Gasteiger partial charge in [0.1, 0.15) is 0 Å². The quantitative estimate of drug-likeness (QED) is 0.587. The standard InChI is InChI=1S/C21H18N2O2/c24-20-13-16(12-17-14-22-19-9-5-4-8-18(17)19)21(25)23(20)11-10-15-6-2-1-3-7-15/h1-9,12,14,22H,10-11,13H2/b16-12-. The topological polar surface area (TPSA) is 53.2 Å². The molecule has 4 nitrogen and oxygen atoms in total. The number of hydrogen-bond donors (Lipinski definition) is 1. The summed E-state index contributed by atoms with van der Waals surface area (Å²) in [4.78, 5) is 29.5. The molecule has 0 unspecified atom stereocenters. The van der Waals surface area contributed by atoms with E-state index in [4.69, 9.17) is 0 Å². The molecule has 1 N–H and O–H groups in total. The van der Waals surface area contributed by atoms with Crippen LogP contribution in [-0.4, -0.2) is 28.2 Å². The number of likely N-dealkylation sites (tertiary alicyclic amines) is 1. The molecule has 0 saturated carbocycles. The van der Waals surface area contributed by atoms with Crippen molar-refractivity contribution in [1.82, 2.24) is 9.88 Å². The Balaban J connectivity index is 1.54. The molecule has 0 radical (unpaired) electrons. The predicted octanol–water partition coefficient (Wildman–Crippen LogP) is 3.55. The first kappa shape index (κ1) is 15.4. The minimum absolute atomic E-state index is 0.118. The monoisotopic (exact) mass is 330 g/mol. The Morgan fingerprint density at radius 1 is 1.00 bits per heavy atom. The van der Waals surface area contributed by atoms with Crippen molar-refractivity contribution in [3.63, 3.8) is 0 Å². The van der Waals surface area contributed by atoms with E-state index in [1.54, 1.807) is 0 Å². The maximum Gasteiger partial charge on any atom is 0.256 e. The van der Waals surface area contributed by atoms with Crippen molar-refractivity contribution in [2.45, 2.75) is 12.8 Å².